The van der Waals surface area contributed by atoms with Crippen molar-refractivity contribution in [1.82, 2.24) is 0 Å². The third kappa shape index (κ3) is 85.8. The van der Waals surface area contributed by atoms with Crippen molar-refractivity contribution in [3.05, 3.63) is 0 Å². The number of ether oxygens (including phenoxy) is 4. The summed E-state index contributed by atoms with van der Waals surface area (Å²) in [7, 11) is -9.94. The SMILES string of the molecule is CCCCCCCCCCCCCCCCCCCCCCCCC(=O)O[C@H](COC(=O)CCCCCCCCCCCCCCCCCCCCC)COP(=O)(O)OC[C@@H](O)COP(=O)(O)OC[C@@H](COC(=O)CCCCCCCCCCCCCCC)OC(=O)CCCCCCCCCCCCCCCCC(C)C. The maximum absolute atomic E-state index is 13.2. The molecule has 111 heavy (non-hydrogen) atoms. The molecule has 3 N–H and O–H groups in total. The lowest BCUT2D eigenvalue weighted by Crippen LogP contribution is -2.30. The van der Waals surface area contributed by atoms with E-state index >= 15 is 0 Å². The van der Waals surface area contributed by atoms with Gasteiger partial charge in [-0.1, -0.05) is 452 Å². The lowest BCUT2D eigenvalue weighted by atomic mass is 10.0. The molecule has 0 radical (unpaired) electrons. The van der Waals surface area contributed by atoms with Gasteiger partial charge in [0.15, 0.2) is 12.2 Å². The van der Waals surface area contributed by atoms with Crippen LogP contribution in [0.4, 0.5) is 0 Å². The first kappa shape index (κ1) is 109. The van der Waals surface area contributed by atoms with E-state index < -0.39 is 97.5 Å². The molecule has 5 atom stereocenters. The molecule has 660 valence electrons. The largest absolute Gasteiger partial charge is 0.472 e. The van der Waals surface area contributed by atoms with Crippen LogP contribution in [0.2, 0.25) is 0 Å². The van der Waals surface area contributed by atoms with Gasteiger partial charge in [-0.15, -0.1) is 0 Å². The molecule has 0 spiro atoms. The Hall–Kier alpha value is -1.94. The van der Waals surface area contributed by atoms with E-state index in [1.165, 1.54) is 327 Å². The molecule has 0 amide bonds. The minimum atomic E-state index is -4.97. The summed E-state index contributed by atoms with van der Waals surface area (Å²) in [6.45, 7) is 7.43. The maximum atomic E-state index is 13.2. The molecule has 0 heterocycles. The second-order valence-corrected chi connectivity index (χ2v) is 36.4. The molecule has 0 saturated carbocycles. The molecule has 0 fully saturated rings. The fourth-order valence-corrected chi connectivity index (χ4v) is 16.1. The minimum absolute atomic E-state index is 0.109. The normalized spacial score (nSPS) is 13.7. The van der Waals surface area contributed by atoms with Gasteiger partial charge in [-0.05, 0) is 31.6 Å². The third-order valence-corrected chi connectivity index (χ3v) is 23.7. The summed E-state index contributed by atoms with van der Waals surface area (Å²) in [5.74, 6) is -1.30. The zero-order chi connectivity index (χ0) is 81.1. The topological polar surface area (TPSA) is 237 Å². The van der Waals surface area contributed by atoms with Crippen LogP contribution < -0.4 is 0 Å². The Bertz CT molecular complexity index is 2100. The number of aliphatic hydroxyl groups is 1. The summed E-state index contributed by atoms with van der Waals surface area (Å²) in [4.78, 5) is 73.5. The monoisotopic (exact) mass is 1620 g/mol. The van der Waals surface area contributed by atoms with Gasteiger partial charge < -0.3 is 33.8 Å². The van der Waals surface area contributed by atoms with Gasteiger partial charge in [0, 0.05) is 25.7 Å². The van der Waals surface area contributed by atoms with Crippen molar-refractivity contribution >= 4 is 39.5 Å². The van der Waals surface area contributed by atoms with Crippen LogP contribution in [0.15, 0.2) is 0 Å². The number of phosphoric ester groups is 2. The molecule has 0 aromatic rings. The van der Waals surface area contributed by atoms with Crippen LogP contribution in [0.5, 0.6) is 0 Å². The molecule has 17 nitrogen and oxygen atoms in total. The van der Waals surface area contributed by atoms with Crippen molar-refractivity contribution < 1.29 is 80.2 Å². The molecule has 0 aliphatic heterocycles. The molecule has 0 bridgehead atoms. The van der Waals surface area contributed by atoms with Crippen LogP contribution >= 0.6 is 15.6 Å². The van der Waals surface area contributed by atoms with E-state index in [4.69, 9.17) is 37.0 Å². The molecule has 0 saturated heterocycles. The number of aliphatic hydroxyl groups excluding tert-OH is 1. The average Bonchev–Trinajstić information content (AvgIpc) is 0.900. The van der Waals surface area contributed by atoms with E-state index in [9.17, 15) is 43.2 Å². The number of rotatable bonds is 92. The van der Waals surface area contributed by atoms with Gasteiger partial charge in [0.2, 0.25) is 0 Å². The van der Waals surface area contributed by atoms with Gasteiger partial charge in [0.1, 0.15) is 19.3 Å². The molecule has 0 rings (SSSR count). The van der Waals surface area contributed by atoms with Gasteiger partial charge in [-0.2, -0.15) is 0 Å². The fraction of sp³-hybridized carbons (Fsp3) is 0.957. The highest BCUT2D eigenvalue weighted by molar-refractivity contribution is 7.47. The second kappa shape index (κ2) is 84.5. The lowest BCUT2D eigenvalue weighted by molar-refractivity contribution is -0.161. The summed E-state index contributed by atoms with van der Waals surface area (Å²) >= 11 is 0. The van der Waals surface area contributed by atoms with Crippen LogP contribution in [0.1, 0.15) is 503 Å². The summed E-state index contributed by atoms with van der Waals surface area (Å²) in [6, 6.07) is 0. The maximum Gasteiger partial charge on any atom is 0.472 e. The van der Waals surface area contributed by atoms with E-state index in [1.807, 2.05) is 0 Å². The van der Waals surface area contributed by atoms with Crippen LogP contribution in [0, 0.1) is 5.92 Å². The number of esters is 4. The van der Waals surface area contributed by atoms with E-state index in [-0.39, 0.29) is 25.7 Å². The standard InChI is InChI=1S/C92H180O17P2/c1-6-9-12-15-18-21-24-27-29-31-33-34-35-37-39-41-47-52-57-62-67-72-77-91(96)108-88(82-103-90(95)76-71-66-61-56-51-46-40-38-36-32-30-28-25-22-19-16-13-10-7-2)84-107-111(100,101)105-80-86(93)79-104-110(98,99)106-83-87(81-102-89(94)75-70-65-60-55-50-44-26-23-20-17-14-11-8-3)109-92(97)78-73-68-63-58-53-48-43-42-45-49-54-59-64-69-74-85(4)5/h85-88,93H,6-84H2,1-5H3,(H,98,99)(H,100,101)/t86-,87+,88+/m0/s1. The van der Waals surface area contributed by atoms with Crippen LogP contribution in [-0.2, 0) is 65.4 Å². The predicted molar refractivity (Wildman–Crippen MR) is 460 cm³/mol. The Labute approximate surface area is 683 Å². The van der Waals surface area contributed by atoms with Crippen molar-refractivity contribution in [2.45, 2.75) is 522 Å². The zero-order valence-corrected chi connectivity index (χ0v) is 74.9. The molecule has 0 aliphatic rings. The molecule has 0 aliphatic carbocycles. The Morgan fingerprint density at radius 1 is 0.243 bits per heavy atom. The fourth-order valence-electron chi connectivity index (χ4n) is 14.5. The van der Waals surface area contributed by atoms with Gasteiger partial charge in [0.25, 0.3) is 0 Å². The van der Waals surface area contributed by atoms with E-state index in [0.29, 0.717) is 25.7 Å². The predicted octanol–water partition coefficient (Wildman–Crippen LogP) is 28.7. The minimum Gasteiger partial charge on any atom is -0.462 e. The Morgan fingerprint density at radius 2 is 0.414 bits per heavy atom. The first-order valence-corrected chi connectivity index (χ1v) is 50.6. The molecule has 0 aromatic carbocycles. The number of phosphoric acid groups is 2. The molecule has 2 unspecified atom stereocenters. The number of unbranched alkanes of at least 4 members (excludes halogenated alkanes) is 64. The molecular weight excluding hydrogens is 1440 g/mol. The van der Waals surface area contributed by atoms with Crippen molar-refractivity contribution in [3.8, 4) is 0 Å². The van der Waals surface area contributed by atoms with Crippen molar-refractivity contribution in [3.63, 3.8) is 0 Å². The quantitative estimate of drug-likeness (QED) is 0.0222. The van der Waals surface area contributed by atoms with Gasteiger partial charge >= 0.3 is 39.5 Å². The van der Waals surface area contributed by atoms with Crippen LogP contribution in [-0.4, -0.2) is 96.7 Å². The number of carbonyl (C=O) groups excluding carboxylic acids is 4. The van der Waals surface area contributed by atoms with Gasteiger partial charge in [0.05, 0.1) is 26.4 Å². The third-order valence-electron chi connectivity index (χ3n) is 21.8. The Kier molecular flexibility index (Phi) is 83.0. The number of hydrogen-bond donors (Lipinski definition) is 3. The summed E-state index contributed by atoms with van der Waals surface area (Å²) in [5.41, 5.74) is 0. The Balaban J connectivity index is 5.25. The van der Waals surface area contributed by atoms with E-state index in [2.05, 4.69) is 34.6 Å². The first-order valence-electron chi connectivity index (χ1n) is 47.6. The summed E-state index contributed by atoms with van der Waals surface area (Å²) in [6.07, 6.45) is 80.6. The highest BCUT2D eigenvalue weighted by atomic mass is 31.2. The molecule has 19 heteroatoms. The lowest BCUT2D eigenvalue weighted by Gasteiger charge is -2.21. The van der Waals surface area contributed by atoms with E-state index in [0.717, 1.165) is 95.8 Å². The van der Waals surface area contributed by atoms with E-state index in [1.54, 1.807) is 0 Å². The van der Waals surface area contributed by atoms with Crippen LogP contribution in [0.3, 0.4) is 0 Å². The zero-order valence-electron chi connectivity index (χ0n) is 73.1. The second-order valence-electron chi connectivity index (χ2n) is 33.5. The number of hydrogen-bond acceptors (Lipinski definition) is 15. The number of carbonyl (C=O) groups is 4. The smallest absolute Gasteiger partial charge is 0.462 e. The van der Waals surface area contributed by atoms with Gasteiger partial charge in [-0.3, -0.25) is 37.3 Å². The summed E-state index contributed by atoms with van der Waals surface area (Å²) in [5, 5.41) is 10.7. The average molecular weight is 1620 g/mol. The van der Waals surface area contributed by atoms with Crippen molar-refractivity contribution in [1.29, 1.82) is 0 Å². The first-order chi connectivity index (χ1) is 54.0. The Morgan fingerprint density at radius 3 is 0.613 bits per heavy atom. The van der Waals surface area contributed by atoms with Gasteiger partial charge in [-0.25, -0.2) is 9.13 Å². The van der Waals surface area contributed by atoms with Crippen molar-refractivity contribution in [2.24, 2.45) is 5.92 Å². The van der Waals surface area contributed by atoms with Crippen molar-refractivity contribution in [2.75, 3.05) is 39.6 Å². The highest BCUT2D eigenvalue weighted by Crippen LogP contribution is 2.45. The molecule has 0 aromatic heterocycles. The van der Waals surface area contributed by atoms with Crippen LogP contribution in [0.25, 0.3) is 0 Å². The highest BCUT2D eigenvalue weighted by Gasteiger charge is 2.31. The molecular formula is C92H180O17P2. The summed E-state index contributed by atoms with van der Waals surface area (Å²) < 4.78 is 69.1.